The molecular formula is C12H20O4. The quantitative estimate of drug-likeness (QED) is 0.531. The number of hydrogen-bond acceptors (Lipinski definition) is 4. The van der Waals surface area contributed by atoms with E-state index in [0.717, 1.165) is 6.42 Å². The van der Waals surface area contributed by atoms with Crippen molar-refractivity contribution in [2.45, 2.75) is 45.6 Å². The van der Waals surface area contributed by atoms with Crippen LogP contribution in [0.4, 0.5) is 0 Å². The molecule has 0 radical (unpaired) electrons. The Morgan fingerprint density at radius 1 is 1.44 bits per heavy atom. The second kappa shape index (κ2) is 5.43. The van der Waals surface area contributed by atoms with Gasteiger partial charge in [0.1, 0.15) is 11.5 Å². The molecule has 0 bridgehead atoms. The van der Waals surface area contributed by atoms with Gasteiger partial charge in [-0.05, 0) is 33.1 Å². The van der Waals surface area contributed by atoms with Crippen molar-refractivity contribution in [3.8, 4) is 0 Å². The molecule has 0 N–H and O–H groups in total. The molecule has 16 heavy (non-hydrogen) atoms. The summed E-state index contributed by atoms with van der Waals surface area (Å²) in [4.78, 5) is 23.8. The molecule has 1 aliphatic heterocycles. The minimum atomic E-state index is -0.784. The van der Waals surface area contributed by atoms with Crippen LogP contribution in [0, 0.1) is 5.92 Å². The number of esters is 1. The van der Waals surface area contributed by atoms with Crippen LogP contribution in [0.25, 0.3) is 0 Å². The van der Waals surface area contributed by atoms with E-state index in [1.54, 1.807) is 13.8 Å². The van der Waals surface area contributed by atoms with Crippen LogP contribution in [-0.4, -0.2) is 30.6 Å². The first-order valence-electron chi connectivity index (χ1n) is 5.90. The van der Waals surface area contributed by atoms with E-state index in [-0.39, 0.29) is 5.78 Å². The monoisotopic (exact) mass is 228 g/mol. The summed E-state index contributed by atoms with van der Waals surface area (Å²) in [5, 5.41) is 0. The Morgan fingerprint density at radius 2 is 2.12 bits per heavy atom. The largest absolute Gasteiger partial charge is 0.465 e. The van der Waals surface area contributed by atoms with Crippen LogP contribution in [0.5, 0.6) is 0 Å². The standard InChI is InChI=1S/C12H20O4/c1-4-9(11(14)15-5-2)10(13)12(3)7-6-8-16-12/h9H,4-8H2,1-3H3. The first kappa shape index (κ1) is 13.2. The number of Topliss-reactive ketones (excluding diaryl/α,β-unsaturated/α-hetero) is 1. The molecule has 1 aliphatic rings. The SMILES string of the molecule is CCOC(=O)C(CC)C(=O)C1(C)CCCO1. The van der Waals surface area contributed by atoms with E-state index in [0.29, 0.717) is 26.1 Å². The summed E-state index contributed by atoms with van der Waals surface area (Å²) in [7, 11) is 0. The third-order valence-electron chi connectivity index (χ3n) is 3.04. The minimum Gasteiger partial charge on any atom is -0.465 e. The van der Waals surface area contributed by atoms with Gasteiger partial charge in [0.25, 0.3) is 0 Å². The molecule has 2 atom stereocenters. The predicted octanol–water partition coefficient (Wildman–Crippen LogP) is 1.71. The van der Waals surface area contributed by atoms with E-state index in [1.807, 2.05) is 6.92 Å². The highest BCUT2D eigenvalue weighted by Gasteiger charge is 2.43. The third kappa shape index (κ3) is 2.61. The smallest absolute Gasteiger partial charge is 0.316 e. The highest BCUT2D eigenvalue weighted by atomic mass is 16.5. The van der Waals surface area contributed by atoms with Crippen molar-refractivity contribution >= 4 is 11.8 Å². The maximum absolute atomic E-state index is 12.2. The van der Waals surface area contributed by atoms with Crippen LogP contribution in [0.1, 0.15) is 40.0 Å². The highest BCUT2D eigenvalue weighted by Crippen LogP contribution is 2.30. The van der Waals surface area contributed by atoms with Crippen LogP contribution < -0.4 is 0 Å². The molecule has 0 amide bonds. The molecule has 0 saturated carbocycles. The van der Waals surface area contributed by atoms with Crippen molar-refractivity contribution in [2.24, 2.45) is 5.92 Å². The Labute approximate surface area is 96.3 Å². The topological polar surface area (TPSA) is 52.6 Å². The molecule has 0 spiro atoms. The Balaban J connectivity index is 2.72. The Hall–Kier alpha value is -0.900. The second-order valence-electron chi connectivity index (χ2n) is 4.26. The zero-order valence-corrected chi connectivity index (χ0v) is 10.2. The van der Waals surface area contributed by atoms with Gasteiger partial charge in [-0.25, -0.2) is 0 Å². The molecule has 1 fully saturated rings. The van der Waals surface area contributed by atoms with Gasteiger partial charge in [0.2, 0.25) is 0 Å². The Kier molecular flexibility index (Phi) is 4.47. The number of ketones is 1. The van der Waals surface area contributed by atoms with Gasteiger partial charge in [-0.3, -0.25) is 9.59 Å². The number of ether oxygens (including phenoxy) is 2. The summed E-state index contributed by atoms with van der Waals surface area (Å²) in [6.45, 7) is 6.23. The summed E-state index contributed by atoms with van der Waals surface area (Å²) in [6, 6.07) is 0. The molecule has 0 aliphatic carbocycles. The van der Waals surface area contributed by atoms with E-state index in [9.17, 15) is 9.59 Å². The summed E-state index contributed by atoms with van der Waals surface area (Å²) in [5.41, 5.74) is -0.784. The fourth-order valence-electron chi connectivity index (χ4n) is 2.04. The van der Waals surface area contributed by atoms with Gasteiger partial charge in [-0.1, -0.05) is 6.92 Å². The minimum absolute atomic E-state index is 0.133. The fraction of sp³-hybridized carbons (Fsp3) is 0.833. The lowest BCUT2D eigenvalue weighted by Gasteiger charge is -2.25. The molecule has 0 aromatic carbocycles. The van der Waals surface area contributed by atoms with E-state index < -0.39 is 17.5 Å². The van der Waals surface area contributed by atoms with Gasteiger partial charge in [-0.15, -0.1) is 0 Å². The zero-order valence-electron chi connectivity index (χ0n) is 10.2. The van der Waals surface area contributed by atoms with E-state index in [1.165, 1.54) is 0 Å². The zero-order chi connectivity index (χ0) is 12.2. The van der Waals surface area contributed by atoms with E-state index >= 15 is 0 Å². The summed E-state index contributed by atoms with van der Waals surface area (Å²) < 4.78 is 10.4. The fourth-order valence-corrected chi connectivity index (χ4v) is 2.04. The number of rotatable bonds is 5. The first-order valence-corrected chi connectivity index (χ1v) is 5.90. The molecule has 4 heteroatoms. The normalized spacial score (nSPS) is 26.4. The van der Waals surface area contributed by atoms with Crippen molar-refractivity contribution in [2.75, 3.05) is 13.2 Å². The van der Waals surface area contributed by atoms with Gasteiger partial charge in [-0.2, -0.15) is 0 Å². The lowest BCUT2D eigenvalue weighted by molar-refractivity contribution is -0.158. The van der Waals surface area contributed by atoms with Crippen molar-refractivity contribution in [3.05, 3.63) is 0 Å². The Bertz CT molecular complexity index is 266. The maximum Gasteiger partial charge on any atom is 0.316 e. The van der Waals surface area contributed by atoms with Crippen LogP contribution in [-0.2, 0) is 19.1 Å². The predicted molar refractivity (Wildman–Crippen MR) is 59.0 cm³/mol. The number of carbonyl (C=O) groups is 2. The molecule has 1 saturated heterocycles. The van der Waals surface area contributed by atoms with E-state index in [2.05, 4.69) is 0 Å². The molecule has 0 aromatic heterocycles. The third-order valence-corrected chi connectivity index (χ3v) is 3.04. The summed E-state index contributed by atoms with van der Waals surface area (Å²) >= 11 is 0. The molecule has 2 unspecified atom stereocenters. The van der Waals surface area contributed by atoms with E-state index in [4.69, 9.17) is 9.47 Å². The van der Waals surface area contributed by atoms with Crippen molar-refractivity contribution in [1.82, 2.24) is 0 Å². The molecule has 0 aromatic rings. The molecule has 1 rings (SSSR count). The van der Waals surface area contributed by atoms with Gasteiger partial charge in [0, 0.05) is 6.61 Å². The first-order chi connectivity index (χ1) is 7.55. The van der Waals surface area contributed by atoms with Gasteiger partial charge < -0.3 is 9.47 Å². The maximum atomic E-state index is 12.2. The average Bonchev–Trinajstić information content (AvgIpc) is 2.68. The van der Waals surface area contributed by atoms with Crippen LogP contribution in [0.15, 0.2) is 0 Å². The lowest BCUT2D eigenvalue weighted by Crippen LogP contribution is -2.42. The van der Waals surface area contributed by atoms with Gasteiger partial charge in [0.15, 0.2) is 5.78 Å². The van der Waals surface area contributed by atoms with Gasteiger partial charge in [0.05, 0.1) is 6.61 Å². The number of hydrogen-bond donors (Lipinski definition) is 0. The van der Waals surface area contributed by atoms with Crippen molar-refractivity contribution in [1.29, 1.82) is 0 Å². The van der Waals surface area contributed by atoms with Crippen molar-refractivity contribution in [3.63, 3.8) is 0 Å². The van der Waals surface area contributed by atoms with Crippen LogP contribution >= 0.6 is 0 Å². The molecule has 4 nitrogen and oxygen atoms in total. The summed E-state index contributed by atoms with van der Waals surface area (Å²) in [6.07, 6.45) is 2.04. The molecular weight excluding hydrogens is 208 g/mol. The average molecular weight is 228 g/mol. The molecule has 1 heterocycles. The van der Waals surface area contributed by atoms with Crippen LogP contribution in [0.2, 0.25) is 0 Å². The second-order valence-corrected chi connectivity index (χ2v) is 4.26. The lowest BCUT2D eigenvalue weighted by atomic mass is 9.86. The van der Waals surface area contributed by atoms with Gasteiger partial charge >= 0.3 is 5.97 Å². The molecule has 92 valence electrons. The number of carbonyl (C=O) groups excluding carboxylic acids is 2. The van der Waals surface area contributed by atoms with Crippen molar-refractivity contribution < 1.29 is 19.1 Å². The summed E-state index contributed by atoms with van der Waals surface area (Å²) in [5.74, 6) is -1.24. The van der Waals surface area contributed by atoms with Crippen LogP contribution in [0.3, 0.4) is 0 Å². The highest BCUT2D eigenvalue weighted by molar-refractivity contribution is 6.03. The Morgan fingerprint density at radius 3 is 2.56 bits per heavy atom.